The van der Waals surface area contributed by atoms with Gasteiger partial charge in [0.15, 0.2) is 6.10 Å². The summed E-state index contributed by atoms with van der Waals surface area (Å²) < 4.78 is 16.7. The Bertz CT molecular complexity index is 1140. The summed E-state index contributed by atoms with van der Waals surface area (Å²) in [6.07, 6.45) is 60.5. The van der Waals surface area contributed by atoms with Crippen LogP contribution in [0.4, 0.5) is 0 Å². The van der Waals surface area contributed by atoms with Crippen LogP contribution in [0.1, 0.15) is 233 Å². The number of ether oxygens (including phenoxy) is 3. The highest BCUT2D eigenvalue weighted by molar-refractivity contribution is 5.71. The molecule has 0 aliphatic rings. The second-order valence-electron chi connectivity index (χ2n) is 16.3. The second-order valence-corrected chi connectivity index (χ2v) is 16.3. The Hall–Kier alpha value is -3.15. The minimum atomic E-state index is -0.815. The first-order valence-electron chi connectivity index (χ1n) is 24.9. The van der Waals surface area contributed by atoms with E-state index < -0.39 is 12.1 Å². The van der Waals surface area contributed by atoms with Crippen LogP contribution >= 0.6 is 0 Å². The van der Waals surface area contributed by atoms with E-state index in [1.54, 1.807) is 0 Å². The Morgan fingerprint density at radius 1 is 0.350 bits per heavy atom. The molecule has 0 heterocycles. The van der Waals surface area contributed by atoms with Crippen LogP contribution in [0.5, 0.6) is 0 Å². The van der Waals surface area contributed by atoms with Crippen molar-refractivity contribution < 1.29 is 28.6 Å². The zero-order valence-electron chi connectivity index (χ0n) is 39.2. The number of hydrogen-bond donors (Lipinski definition) is 0. The van der Waals surface area contributed by atoms with Gasteiger partial charge in [-0.3, -0.25) is 14.4 Å². The molecule has 60 heavy (non-hydrogen) atoms. The summed E-state index contributed by atoms with van der Waals surface area (Å²) in [7, 11) is 0. The first kappa shape index (κ1) is 56.9. The molecule has 6 heteroatoms. The van der Waals surface area contributed by atoms with Crippen LogP contribution < -0.4 is 0 Å². The van der Waals surface area contributed by atoms with E-state index >= 15 is 0 Å². The average molecular weight is 837 g/mol. The van der Waals surface area contributed by atoms with Gasteiger partial charge >= 0.3 is 17.9 Å². The molecule has 0 amide bonds. The molecule has 344 valence electrons. The lowest BCUT2D eigenvalue weighted by molar-refractivity contribution is -0.166. The number of esters is 3. The summed E-state index contributed by atoms with van der Waals surface area (Å²) >= 11 is 0. The highest BCUT2D eigenvalue weighted by Crippen LogP contribution is 2.14. The predicted octanol–water partition coefficient (Wildman–Crippen LogP) is 16.3. The lowest BCUT2D eigenvalue weighted by atomic mass is 10.1. The molecule has 1 atom stereocenters. The molecule has 1 unspecified atom stereocenters. The van der Waals surface area contributed by atoms with Gasteiger partial charge in [0, 0.05) is 19.3 Å². The van der Waals surface area contributed by atoms with Crippen LogP contribution in [-0.4, -0.2) is 37.2 Å². The molecule has 0 N–H and O–H groups in total. The monoisotopic (exact) mass is 837 g/mol. The van der Waals surface area contributed by atoms with Crippen molar-refractivity contribution in [2.45, 2.75) is 239 Å². The summed E-state index contributed by atoms with van der Waals surface area (Å²) in [6.45, 7) is 6.38. The van der Waals surface area contributed by atoms with E-state index in [0.29, 0.717) is 19.3 Å². The quantitative estimate of drug-likeness (QED) is 0.0263. The molecule has 0 aliphatic carbocycles. The van der Waals surface area contributed by atoms with E-state index in [9.17, 15) is 14.4 Å². The van der Waals surface area contributed by atoms with Gasteiger partial charge in [-0.15, -0.1) is 0 Å². The first-order chi connectivity index (χ1) is 29.5. The van der Waals surface area contributed by atoms with Gasteiger partial charge in [0.2, 0.25) is 0 Å². The third kappa shape index (κ3) is 45.9. The first-order valence-corrected chi connectivity index (χ1v) is 24.9. The average Bonchev–Trinajstić information content (AvgIpc) is 3.24. The molecule has 0 aliphatic heterocycles. The van der Waals surface area contributed by atoms with Crippen LogP contribution in [0.3, 0.4) is 0 Å². The summed E-state index contributed by atoms with van der Waals surface area (Å²) in [5, 5.41) is 0. The normalized spacial score (nSPS) is 12.7. The molecule has 0 radical (unpaired) electrons. The predicted molar refractivity (Wildman–Crippen MR) is 256 cm³/mol. The van der Waals surface area contributed by atoms with Crippen molar-refractivity contribution in [1.82, 2.24) is 0 Å². The molecule has 0 bridgehead atoms. The Labute approximate surface area is 370 Å². The number of carbonyl (C=O) groups is 3. The van der Waals surface area contributed by atoms with E-state index in [2.05, 4.69) is 81.5 Å². The summed E-state index contributed by atoms with van der Waals surface area (Å²) in [4.78, 5) is 37.8. The molecule has 0 rings (SSSR count). The van der Waals surface area contributed by atoms with Crippen molar-refractivity contribution in [2.24, 2.45) is 0 Å². The van der Waals surface area contributed by atoms with Gasteiger partial charge in [-0.2, -0.15) is 0 Å². The number of unbranched alkanes of at least 4 members (excludes halogenated alkanes) is 21. The summed E-state index contributed by atoms with van der Waals surface area (Å²) in [6, 6.07) is 0. The van der Waals surface area contributed by atoms with E-state index in [1.807, 2.05) is 12.2 Å². The Morgan fingerprint density at radius 2 is 0.717 bits per heavy atom. The Balaban J connectivity index is 4.39. The van der Waals surface area contributed by atoms with Crippen molar-refractivity contribution in [2.75, 3.05) is 13.2 Å². The molecular formula is C54H92O6. The topological polar surface area (TPSA) is 78.9 Å². The third-order valence-corrected chi connectivity index (χ3v) is 10.4. The molecule has 0 spiro atoms. The van der Waals surface area contributed by atoms with Gasteiger partial charge in [0.05, 0.1) is 0 Å². The van der Waals surface area contributed by atoms with E-state index in [0.717, 1.165) is 83.5 Å². The maximum Gasteiger partial charge on any atom is 0.306 e. The maximum absolute atomic E-state index is 12.7. The van der Waals surface area contributed by atoms with Crippen molar-refractivity contribution in [3.8, 4) is 0 Å². The van der Waals surface area contributed by atoms with E-state index in [4.69, 9.17) is 14.2 Å². The fourth-order valence-corrected chi connectivity index (χ4v) is 6.69. The highest BCUT2D eigenvalue weighted by Gasteiger charge is 2.19. The van der Waals surface area contributed by atoms with Crippen LogP contribution in [0.25, 0.3) is 0 Å². The van der Waals surface area contributed by atoms with Gasteiger partial charge in [-0.1, -0.05) is 196 Å². The minimum absolute atomic E-state index is 0.108. The lowest BCUT2D eigenvalue weighted by Gasteiger charge is -2.18. The van der Waals surface area contributed by atoms with Crippen molar-refractivity contribution in [1.29, 1.82) is 0 Å². The van der Waals surface area contributed by atoms with E-state index in [1.165, 1.54) is 103 Å². The standard InChI is InChI=1S/C54H92O6/c1-4-7-10-13-16-19-22-24-25-26-27-28-29-31-32-35-38-41-44-47-53(56)59-50-51(49-58-52(55)46-43-40-37-34-21-18-15-12-9-6-3)60-54(57)48-45-42-39-36-33-30-23-20-17-14-11-8-5-2/h8,11-12,15,17,20,24-25,30,33,39,42,51H,4-7,9-10,13-14,16,18-19,21-23,26-29,31-32,34-38,40-41,43-50H2,1-3H3/b11-8-,15-12-,20-17-,25-24-,33-30-,42-39-. The molecule has 0 fully saturated rings. The fraction of sp³-hybridized carbons (Fsp3) is 0.722. The number of rotatable bonds is 44. The zero-order chi connectivity index (χ0) is 43.7. The second kappa shape index (κ2) is 48.5. The molecular weight excluding hydrogens is 745 g/mol. The lowest BCUT2D eigenvalue weighted by Crippen LogP contribution is -2.30. The van der Waals surface area contributed by atoms with E-state index in [-0.39, 0.29) is 31.6 Å². The van der Waals surface area contributed by atoms with Crippen LogP contribution in [0.2, 0.25) is 0 Å². The highest BCUT2D eigenvalue weighted by atomic mass is 16.6. The summed E-state index contributed by atoms with van der Waals surface area (Å²) in [5.41, 5.74) is 0. The van der Waals surface area contributed by atoms with Crippen LogP contribution in [0.15, 0.2) is 72.9 Å². The number of allylic oxidation sites excluding steroid dienone is 12. The fourth-order valence-electron chi connectivity index (χ4n) is 6.69. The Morgan fingerprint density at radius 3 is 1.15 bits per heavy atom. The van der Waals surface area contributed by atoms with Crippen LogP contribution in [0, 0.1) is 0 Å². The molecule has 0 aromatic heterocycles. The molecule has 6 nitrogen and oxygen atoms in total. The van der Waals surface area contributed by atoms with Gasteiger partial charge in [0.1, 0.15) is 13.2 Å². The molecule has 0 saturated heterocycles. The van der Waals surface area contributed by atoms with Crippen molar-refractivity contribution in [3.05, 3.63) is 72.9 Å². The smallest absolute Gasteiger partial charge is 0.306 e. The van der Waals surface area contributed by atoms with Crippen molar-refractivity contribution >= 4 is 17.9 Å². The van der Waals surface area contributed by atoms with Crippen molar-refractivity contribution in [3.63, 3.8) is 0 Å². The summed E-state index contributed by atoms with van der Waals surface area (Å²) in [5.74, 6) is -1.00. The maximum atomic E-state index is 12.7. The third-order valence-electron chi connectivity index (χ3n) is 10.4. The largest absolute Gasteiger partial charge is 0.462 e. The van der Waals surface area contributed by atoms with Gasteiger partial charge in [0.25, 0.3) is 0 Å². The van der Waals surface area contributed by atoms with Crippen LogP contribution in [-0.2, 0) is 28.6 Å². The molecule has 0 aromatic carbocycles. The van der Waals surface area contributed by atoms with Gasteiger partial charge in [-0.25, -0.2) is 0 Å². The minimum Gasteiger partial charge on any atom is -0.462 e. The molecule has 0 aromatic rings. The number of carbonyl (C=O) groups excluding carboxylic acids is 3. The van der Waals surface area contributed by atoms with Gasteiger partial charge in [-0.05, 0) is 89.9 Å². The molecule has 0 saturated carbocycles. The number of hydrogen-bond acceptors (Lipinski definition) is 6. The SMILES string of the molecule is CC/C=C\C/C=C\C/C=C\C/C=C\CCC(=O)OC(COC(=O)CCCCCCC/C=C\CCC)COC(=O)CCCCCCCCCCC/C=C\CCCCCCCC. The zero-order valence-corrected chi connectivity index (χ0v) is 39.2. The van der Waals surface area contributed by atoms with Gasteiger partial charge < -0.3 is 14.2 Å². The Kier molecular flexibility index (Phi) is 46.0.